The van der Waals surface area contributed by atoms with Crippen molar-refractivity contribution in [2.75, 3.05) is 26.3 Å². The molecule has 3 saturated heterocycles. The zero-order chi connectivity index (χ0) is 16.4. The van der Waals surface area contributed by atoms with Gasteiger partial charge in [-0.15, -0.1) is 0 Å². The van der Waals surface area contributed by atoms with Gasteiger partial charge in [-0.1, -0.05) is 0 Å². The molecule has 3 amide bonds. The number of nitrogens with one attached hydrogen (secondary N) is 2. The van der Waals surface area contributed by atoms with Crippen LogP contribution in [-0.2, 0) is 19.3 Å². The van der Waals surface area contributed by atoms with Gasteiger partial charge in [0.25, 0.3) is 5.91 Å². The number of piperidine rings is 1. The molecule has 0 unspecified atom stereocenters. The van der Waals surface area contributed by atoms with E-state index >= 15 is 0 Å². The van der Waals surface area contributed by atoms with Gasteiger partial charge in [0.15, 0.2) is 6.61 Å². The van der Waals surface area contributed by atoms with Crippen molar-refractivity contribution in [3.8, 4) is 0 Å². The van der Waals surface area contributed by atoms with Gasteiger partial charge in [-0.2, -0.15) is 5.06 Å². The average molecular weight is 328 g/mol. The first-order valence-corrected chi connectivity index (χ1v) is 7.66. The summed E-state index contributed by atoms with van der Waals surface area (Å²) in [6.07, 6.45) is 2.08. The number of rotatable bonds is 7. The number of hydrogen-bond acceptors (Lipinski definition) is 6. The van der Waals surface area contributed by atoms with Crippen molar-refractivity contribution in [3.63, 3.8) is 0 Å². The maximum absolute atomic E-state index is 12.3. The number of fused-ring (bicyclic) bond motifs is 2. The van der Waals surface area contributed by atoms with Crippen LogP contribution in [0.2, 0.25) is 0 Å². The van der Waals surface area contributed by atoms with E-state index in [0.29, 0.717) is 26.0 Å². The van der Waals surface area contributed by atoms with E-state index in [0.717, 1.165) is 18.0 Å². The first-order valence-electron chi connectivity index (χ1n) is 7.66. The van der Waals surface area contributed by atoms with Crippen molar-refractivity contribution in [1.82, 2.24) is 20.8 Å². The monoisotopic (exact) mass is 328 g/mol. The van der Waals surface area contributed by atoms with Gasteiger partial charge in [-0.3, -0.25) is 14.5 Å². The highest BCUT2D eigenvalue weighted by Gasteiger charge is 2.48. The van der Waals surface area contributed by atoms with Gasteiger partial charge in [0.05, 0.1) is 12.6 Å². The first-order chi connectivity index (χ1) is 11.1. The summed E-state index contributed by atoms with van der Waals surface area (Å²) >= 11 is 0. The fourth-order valence-electron chi connectivity index (χ4n) is 2.97. The minimum Gasteiger partial charge on any atom is -0.479 e. The van der Waals surface area contributed by atoms with Gasteiger partial charge in [0.1, 0.15) is 6.04 Å². The molecule has 128 valence electrons. The second-order valence-electron chi connectivity index (χ2n) is 5.89. The number of carbonyl (C=O) groups is 3. The summed E-state index contributed by atoms with van der Waals surface area (Å²) in [6.45, 7) is 1.12. The van der Waals surface area contributed by atoms with Crippen LogP contribution in [0, 0.1) is 0 Å². The van der Waals surface area contributed by atoms with Gasteiger partial charge in [0.2, 0.25) is 0 Å². The van der Waals surface area contributed by atoms with Gasteiger partial charge in [0, 0.05) is 12.6 Å². The Bertz CT molecular complexity index is 497. The van der Waals surface area contributed by atoms with E-state index in [1.54, 1.807) is 0 Å². The lowest BCUT2D eigenvalue weighted by atomic mass is 10.0. The largest absolute Gasteiger partial charge is 0.479 e. The van der Waals surface area contributed by atoms with Crippen molar-refractivity contribution in [2.45, 2.75) is 37.4 Å². The van der Waals surface area contributed by atoms with Crippen LogP contribution in [0.1, 0.15) is 19.3 Å². The molecular weight excluding hydrogens is 308 g/mol. The fourth-order valence-corrected chi connectivity index (χ4v) is 2.97. The summed E-state index contributed by atoms with van der Waals surface area (Å²) in [5.41, 5.74) is 2.39. The van der Waals surface area contributed by atoms with E-state index in [1.807, 2.05) is 0 Å². The van der Waals surface area contributed by atoms with Crippen molar-refractivity contribution in [2.24, 2.45) is 0 Å². The number of urea groups is 1. The van der Waals surface area contributed by atoms with Crippen molar-refractivity contribution in [3.05, 3.63) is 0 Å². The van der Waals surface area contributed by atoms with Crippen LogP contribution in [0.4, 0.5) is 4.79 Å². The molecular formula is C13H20N4O6. The number of carboxylic acids is 1. The second-order valence-corrected chi connectivity index (χ2v) is 5.89. The van der Waals surface area contributed by atoms with Crippen LogP contribution < -0.4 is 10.8 Å². The Morgan fingerprint density at radius 2 is 2.13 bits per heavy atom. The normalized spacial score (nSPS) is 29.4. The summed E-state index contributed by atoms with van der Waals surface area (Å²) in [6, 6.07) is -1.05. The third kappa shape index (κ3) is 3.38. The maximum Gasteiger partial charge on any atom is 0.345 e. The third-order valence-corrected chi connectivity index (χ3v) is 4.34. The molecule has 0 aromatic carbocycles. The molecule has 0 spiro atoms. The molecule has 3 rings (SSSR count). The maximum atomic E-state index is 12.3. The van der Waals surface area contributed by atoms with Crippen molar-refractivity contribution < 1.29 is 29.2 Å². The topological polar surface area (TPSA) is 120 Å². The highest BCUT2D eigenvalue weighted by molar-refractivity contribution is 5.88. The van der Waals surface area contributed by atoms with Crippen molar-refractivity contribution >= 4 is 17.9 Å². The lowest BCUT2D eigenvalue weighted by molar-refractivity contribution is -0.167. The number of hydroxylamine groups is 3. The number of aliphatic carboxylic acids is 1. The number of amides is 3. The molecule has 2 bridgehead atoms. The first kappa shape index (κ1) is 16.0. The highest BCUT2D eigenvalue weighted by Crippen LogP contribution is 2.30. The van der Waals surface area contributed by atoms with E-state index in [1.165, 1.54) is 4.90 Å². The van der Waals surface area contributed by atoms with Gasteiger partial charge in [-0.05, 0) is 25.8 Å². The van der Waals surface area contributed by atoms with Crippen LogP contribution in [0.25, 0.3) is 0 Å². The molecule has 0 radical (unpaired) electrons. The molecule has 10 nitrogen and oxygen atoms in total. The second kappa shape index (κ2) is 6.69. The molecule has 3 atom stereocenters. The molecule has 3 heterocycles. The van der Waals surface area contributed by atoms with E-state index in [4.69, 9.17) is 14.8 Å². The molecule has 0 aliphatic carbocycles. The number of nitrogens with zero attached hydrogens (tertiary/aromatic N) is 2. The van der Waals surface area contributed by atoms with E-state index in [9.17, 15) is 14.4 Å². The average Bonchev–Trinajstić information content (AvgIpc) is 2.71. The lowest BCUT2D eigenvalue weighted by Crippen LogP contribution is -2.51. The van der Waals surface area contributed by atoms with Crippen molar-refractivity contribution in [1.29, 1.82) is 0 Å². The molecule has 0 aromatic rings. The lowest BCUT2D eigenvalue weighted by Gasteiger charge is -2.30. The Morgan fingerprint density at radius 1 is 1.35 bits per heavy atom. The Morgan fingerprint density at radius 3 is 2.78 bits per heavy atom. The summed E-state index contributed by atoms with van der Waals surface area (Å²) in [5.74, 6) is -1.52. The Kier molecular flexibility index (Phi) is 4.64. The summed E-state index contributed by atoms with van der Waals surface area (Å²) in [5, 5.41) is 12.9. The van der Waals surface area contributed by atoms with Crippen LogP contribution in [0.5, 0.6) is 0 Å². The van der Waals surface area contributed by atoms with Gasteiger partial charge < -0.3 is 15.3 Å². The van der Waals surface area contributed by atoms with E-state index in [2.05, 4.69) is 10.8 Å². The van der Waals surface area contributed by atoms with E-state index < -0.39 is 24.6 Å². The standard InChI is InChI=1S/C13H20N4O6/c18-11(19)7-23-17-9-1-2-10(16(5-9)13(17)21)12(20)15-22-6-8-3-4-14-8/h8-10,14H,1-7H2,(H,15,20)(H,18,19)/t8-,9+,10+/m0/s1. The summed E-state index contributed by atoms with van der Waals surface area (Å²) < 4.78 is 0. The summed E-state index contributed by atoms with van der Waals surface area (Å²) in [7, 11) is 0. The Balaban J connectivity index is 1.50. The molecule has 0 saturated carbocycles. The quantitative estimate of drug-likeness (QED) is 0.496. The predicted octanol–water partition coefficient (Wildman–Crippen LogP) is -1.32. The molecule has 3 N–H and O–H groups in total. The van der Waals surface area contributed by atoms with Gasteiger partial charge in [-0.25, -0.2) is 15.1 Å². The van der Waals surface area contributed by atoms with Crippen LogP contribution in [0.15, 0.2) is 0 Å². The zero-order valence-corrected chi connectivity index (χ0v) is 12.6. The Hall–Kier alpha value is -1.91. The molecule has 3 aliphatic heterocycles. The molecule has 3 aliphatic rings. The zero-order valence-electron chi connectivity index (χ0n) is 12.6. The SMILES string of the molecule is O=C(O)CON1C(=O)N2C[C@H]1CC[C@@H]2C(=O)NOC[C@@H]1CCN1. The minimum absolute atomic E-state index is 0.217. The molecule has 10 heteroatoms. The molecule has 3 fully saturated rings. The predicted molar refractivity (Wildman–Crippen MR) is 74.8 cm³/mol. The van der Waals surface area contributed by atoms with Gasteiger partial charge >= 0.3 is 12.0 Å². The Labute approximate surface area is 132 Å². The number of hydrogen-bond donors (Lipinski definition) is 3. The van der Waals surface area contributed by atoms with Crippen LogP contribution >= 0.6 is 0 Å². The van der Waals surface area contributed by atoms with Crippen LogP contribution in [0.3, 0.4) is 0 Å². The van der Waals surface area contributed by atoms with E-state index in [-0.39, 0.29) is 18.0 Å². The third-order valence-electron chi connectivity index (χ3n) is 4.34. The fraction of sp³-hybridized carbons (Fsp3) is 0.769. The molecule has 23 heavy (non-hydrogen) atoms. The van der Waals surface area contributed by atoms with Crippen LogP contribution in [-0.4, -0.2) is 77.4 Å². The smallest absolute Gasteiger partial charge is 0.345 e. The number of carboxylic acid groups (broad SMARTS) is 1. The highest BCUT2D eigenvalue weighted by atomic mass is 16.7. The number of carbonyl (C=O) groups excluding carboxylic acids is 2. The molecule has 0 aromatic heterocycles. The summed E-state index contributed by atoms with van der Waals surface area (Å²) in [4.78, 5) is 46.6. The minimum atomic E-state index is -1.15.